The van der Waals surface area contributed by atoms with Gasteiger partial charge in [-0.15, -0.1) is 94.5 Å². The first kappa shape index (κ1) is 42.6. The van der Waals surface area contributed by atoms with Crippen LogP contribution in [0.1, 0.15) is 38.9 Å². The second-order valence-corrected chi connectivity index (χ2v) is 15.8. The molecule has 9 rings (SSSR count). The smallest absolute Gasteiger partial charge is 0.305 e. The third-order valence-corrected chi connectivity index (χ3v) is 11.4. The molecule has 3 heterocycles. The Morgan fingerprint density at radius 1 is 0.444 bits per heavy atom. The molecule has 0 fully saturated rings. The first-order chi connectivity index (χ1) is 30.5. The average molecular weight is 988 g/mol. The van der Waals surface area contributed by atoms with Crippen molar-refractivity contribution < 1.29 is 20.1 Å². The van der Waals surface area contributed by atoms with Crippen molar-refractivity contribution in [2.24, 2.45) is 0 Å². The predicted octanol–water partition coefficient (Wildman–Crippen LogP) is 13.3. The Morgan fingerprint density at radius 3 is 1.59 bits per heavy atom. The van der Waals surface area contributed by atoms with Crippen LogP contribution in [0.3, 0.4) is 0 Å². The van der Waals surface area contributed by atoms with Crippen molar-refractivity contribution in [1.29, 1.82) is 5.26 Å². The Labute approximate surface area is 384 Å². The summed E-state index contributed by atoms with van der Waals surface area (Å²) in [6.45, 7) is 4.08. The molecule has 4 nitrogen and oxygen atoms in total. The Kier molecular flexibility index (Phi) is 13.3. The molecule has 0 aliphatic rings. The van der Waals surface area contributed by atoms with Gasteiger partial charge in [-0.3, -0.25) is 0 Å². The van der Waals surface area contributed by atoms with Gasteiger partial charge in [0.25, 0.3) is 0 Å². The van der Waals surface area contributed by atoms with Gasteiger partial charge in [0.05, 0.1) is 11.6 Å². The normalized spacial score (nSPS) is 10.8. The molecule has 0 aliphatic heterocycles. The van der Waals surface area contributed by atoms with Crippen molar-refractivity contribution in [1.82, 2.24) is 15.0 Å². The second kappa shape index (κ2) is 19.7. The van der Waals surface area contributed by atoms with Gasteiger partial charge in [-0.2, -0.15) is 5.26 Å². The second-order valence-electron chi connectivity index (χ2n) is 15.8. The minimum Gasteiger partial charge on any atom is -0.305 e. The Morgan fingerprint density at radius 2 is 1.03 bits per heavy atom. The van der Waals surface area contributed by atoms with Crippen LogP contribution in [0.2, 0.25) is 0 Å². The van der Waals surface area contributed by atoms with Crippen molar-refractivity contribution in [2.45, 2.75) is 39.5 Å². The van der Waals surface area contributed by atoms with Gasteiger partial charge in [-0.1, -0.05) is 120 Å². The Balaban J connectivity index is 0.00000544. The summed E-state index contributed by atoms with van der Waals surface area (Å²) >= 11 is 0. The fraction of sp³-hybridized carbons (Fsp3) is 0.103. The van der Waals surface area contributed by atoms with Crippen molar-refractivity contribution in [3.8, 4) is 73.2 Å². The molecular formula is C58H43IrN4. The van der Waals surface area contributed by atoms with Crippen molar-refractivity contribution >= 4 is 0 Å². The minimum atomic E-state index is 0. The van der Waals surface area contributed by atoms with Crippen LogP contribution in [0.4, 0.5) is 0 Å². The molecule has 0 radical (unpaired) electrons. The molecule has 3 aromatic heterocycles. The van der Waals surface area contributed by atoms with E-state index in [1.165, 1.54) is 27.8 Å². The van der Waals surface area contributed by atoms with Gasteiger partial charge in [0.15, 0.2) is 0 Å². The van der Waals surface area contributed by atoms with Crippen LogP contribution in [-0.4, -0.2) is 15.0 Å². The van der Waals surface area contributed by atoms with E-state index in [1.807, 2.05) is 74.0 Å². The number of benzene rings is 6. The number of nitrogens with zero attached hydrogens (tertiary/aromatic N) is 4. The van der Waals surface area contributed by atoms with Gasteiger partial charge >= 0.3 is 20.1 Å². The largest absolute Gasteiger partial charge is 3.00 e. The van der Waals surface area contributed by atoms with Crippen LogP contribution in [0.15, 0.2) is 176 Å². The van der Waals surface area contributed by atoms with Crippen LogP contribution < -0.4 is 0 Å². The van der Waals surface area contributed by atoms with E-state index >= 15 is 0 Å². The maximum absolute atomic E-state index is 9.78. The quantitative estimate of drug-likeness (QED) is 0.114. The molecule has 0 bridgehead atoms. The van der Waals surface area contributed by atoms with Crippen LogP contribution in [0.25, 0.3) is 67.2 Å². The topological polar surface area (TPSA) is 62.5 Å². The monoisotopic (exact) mass is 988 g/mol. The Hall–Kier alpha value is -7.09. The van der Waals surface area contributed by atoms with Crippen molar-refractivity contribution in [2.75, 3.05) is 0 Å². The van der Waals surface area contributed by atoms with Gasteiger partial charge < -0.3 is 15.0 Å². The van der Waals surface area contributed by atoms with Crippen LogP contribution in [0, 0.1) is 43.4 Å². The molecule has 304 valence electrons. The third kappa shape index (κ3) is 10.0. The fourth-order valence-corrected chi connectivity index (χ4v) is 8.08. The number of nitriles is 1. The molecule has 0 atom stereocenters. The molecule has 0 unspecified atom stereocenters. The zero-order valence-electron chi connectivity index (χ0n) is 35.2. The zero-order chi connectivity index (χ0) is 42.3. The van der Waals surface area contributed by atoms with Crippen molar-refractivity contribution in [3.63, 3.8) is 0 Å². The fourth-order valence-electron chi connectivity index (χ4n) is 8.08. The molecule has 0 amide bonds. The number of aryl methyl sites for hydroxylation is 6. The molecule has 0 aliphatic carbocycles. The molecule has 0 saturated heterocycles. The first-order valence-electron chi connectivity index (χ1n) is 21.0. The number of hydrogen-bond acceptors (Lipinski definition) is 4. The van der Waals surface area contributed by atoms with Crippen LogP contribution in [-0.2, 0) is 45.8 Å². The zero-order valence-corrected chi connectivity index (χ0v) is 37.6. The molecular weight excluding hydrogens is 945 g/mol. The minimum absolute atomic E-state index is 0. The van der Waals surface area contributed by atoms with E-state index in [2.05, 4.69) is 150 Å². The maximum Gasteiger partial charge on any atom is 3.00 e. The van der Waals surface area contributed by atoms with E-state index in [9.17, 15) is 5.26 Å². The van der Waals surface area contributed by atoms with E-state index in [0.717, 1.165) is 98.4 Å². The summed E-state index contributed by atoms with van der Waals surface area (Å²) < 4.78 is 0. The van der Waals surface area contributed by atoms with E-state index in [1.54, 1.807) is 0 Å². The van der Waals surface area contributed by atoms with Gasteiger partial charge in [-0.25, -0.2) is 0 Å². The van der Waals surface area contributed by atoms with E-state index in [0.29, 0.717) is 5.56 Å². The maximum atomic E-state index is 9.78. The average Bonchev–Trinajstić information content (AvgIpc) is 3.33. The molecule has 0 N–H and O–H groups in total. The molecule has 0 spiro atoms. The van der Waals surface area contributed by atoms with Gasteiger partial charge in [0.2, 0.25) is 0 Å². The summed E-state index contributed by atoms with van der Waals surface area (Å²) in [5, 5.41) is 9.78. The summed E-state index contributed by atoms with van der Waals surface area (Å²) in [6.07, 6.45) is 9.03. The molecule has 63 heavy (non-hydrogen) atoms. The summed E-state index contributed by atoms with van der Waals surface area (Å²) in [5.74, 6) is 0. The molecule has 0 saturated carbocycles. The number of rotatable bonds is 12. The number of hydrogen-bond donors (Lipinski definition) is 0. The Bertz CT molecular complexity index is 2920. The van der Waals surface area contributed by atoms with Gasteiger partial charge in [0, 0.05) is 18.6 Å². The standard InChI is InChI=1S/C58H43N4.Ir/c1-40-29-32-62-58(33-40)49-27-28-54(55(38-49)48-25-26-50(39-59)41(2)34-48)53-10-4-3-9-52(53)51-36-44(15-13-42-17-21-46(22-18-42)56-11-5-7-30-60-56)35-45(37-51)16-14-43-19-23-47(24-20-43)57-12-6-8-31-61-57;/h3-12,17-21,23,25-26,28-38H,13-16H2,1-2H3;/q-3;+3. The van der Waals surface area contributed by atoms with Gasteiger partial charge in [-0.05, 0) is 101 Å². The van der Waals surface area contributed by atoms with Crippen LogP contribution >= 0.6 is 0 Å². The van der Waals surface area contributed by atoms with E-state index < -0.39 is 0 Å². The molecule has 5 heteroatoms. The first-order valence-corrected chi connectivity index (χ1v) is 21.0. The number of aromatic nitrogens is 3. The molecule has 9 aromatic rings. The van der Waals surface area contributed by atoms with Crippen LogP contribution in [0.5, 0.6) is 0 Å². The summed E-state index contributed by atoms with van der Waals surface area (Å²) in [5.41, 5.74) is 20.1. The van der Waals surface area contributed by atoms with Gasteiger partial charge in [0.1, 0.15) is 0 Å². The number of pyridine rings is 3. The predicted molar refractivity (Wildman–Crippen MR) is 251 cm³/mol. The summed E-state index contributed by atoms with van der Waals surface area (Å²) in [4.78, 5) is 13.7. The van der Waals surface area contributed by atoms with E-state index in [4.69, 9.17) is 4.98 Å². The summed E-state index contributed by atoms with van der Waals surface area (Å²) in [7, 11) is 0. The SMILES string of the molecule is Cc1ccnc(-c2[c-]cc(-c3ccccc3-c3cc(CCc4c[c-]c(-c5ccccn5)cc4)cc(CCc4c[c-]c(-c5ccccn5)cc4)c3)c(-c3ccc(C#N)c(C)c3)c2)c1.[Ir+3]. The summed E-state index contributed by atoms with van der Waals surface area (Å²) in [6, 6.07) is 68.0. The molecule has 6 aromatic carbocycles. The van der Waals surface area contributed by atoms with Crippen molar-refractivity contribution in [3.05, 3.63) is 233 Å². The van der Waals surface area contributed by atoms with E-state index in [-0.39, 0.29) is 20.1 Å². The third-order valence-electron chi connectivity index (χ3n) is 11.4.